The van der Waals surface area contributed by atoms with Crippen LogP contribution in [0, 0.1) is 0 Å². The second kappa shape index (κ2) is 5.69. The van der Waals surface area contributed by atoms with Crippen molar-refractivity contribution in [3.05, 3.63) is 24.3 Å². The molecule has 0 bridgehead atoms. The van der Waals surface area contributed by atoms with E-state index in [0.29, 0.717) is 12.2 Å². The van der Waals surface area contributed by atoms with Gasteiger partial charge in [-0.15, -0.1) is 0 Å². The predicted molar refractivity (Wildman–Crippen MR) is 69.1 cm³/mol. The van der Waals surface area contributed by atoms with Gasteiger partial charge in [0.15, 0.2) is 0 Å². The molecule has 1 atom stereocenters. The lowest BCUT2D eigenvalue weighted by atomic mass is 10.0. The first kappa shape index (κ1) is 14.9. The molecule has 5 nitrogen and oxygen atoms in total. The molecule has 1 rings (SSSR count). The van der Waals surface area contributed by atoms with Gasteiger partial charge in [-0.25, -0.2) is 13.1 Å². The highest BCUT2D eigenvalue weighted by Gasteiger charge is 2.28. The van der Waals surface area contributed by atoms with Crippen molar-refractivity contribution in [3.8, 4) is 5.75 Å². The van der Waals surface area contributed by atoms with E-state index in [1.165, 1.54) is 19.2 Å². The van der Waals surface area contributed by atoms with Crippen molar-refractivity contribution < 1.29 is 18.3 Å². The fourth-order valence-electron chi connectivity index (χ4n) is 1.35. The van der Waals surface area contributed by atoms with E-state index in [2.05, 4.69) is 4.72 Å². The summed E-state index contributed by atoms with van der Waals surface area (Å²) in [5.41, 5.74) is -0.848. The van der Waals surface area contributed by atoms with Gasteiger partial charge >= 0.3 is 0 Å². The minimum Gasteiger partial charge on any atom is -0.497 e. The number of methoxy groups -OCH3 is 1. The summed E-state index contributed by atoms with van der Waals surface area (Å²) in [6, 6.07) is 6.09. The Hall–Kier alpha value is -1.11. The smallest absolute Gasteiger partial charge is 0.241 e. The van der Waals surface area contributed by atoms with Crippen molar-refractivity contribution in [1.29, 1.82) is 0 Å². The number of rotatable bonds is 6. The van der Waals surface area contributed by atoms with Crippen LogP contribution in [0.3, 0.4) is 0 Å². The average Bonchev–Trinajstić information content (AvgIpc) is 2.38. The number of ether oxygens (including phenoxy) is 1. The molecule has 1 aromatic carbocycles. The van der Waals surface area contributed by atoms with Crippen molar-refractivity contribution in [3.63, 3.8) is 0 Å². The van der Waals surface area contributed by atoms with E-state index >= 15 is 0 Å². The Balaban J connectivity index is 2.99. The summed E-state index contributed by atoms with van der Waals surface area (Å²) in [7, 11) is -2.12. The zero-order valence-corrected chi connectivity index (χ0v) is 11.6. The Labute approximate surface area is 108 Å². The molecule has 0 heterocycles. The molecule has 102 valence electrons. The summed E-state index contributed by atoms with van der Waals surface area (Å²) in [4.78, 5) is 0.149. The fraction of sp³-hybridized carbons (Fsp3) is 0.500. The molecule has 0 saturated carbocycles. The second-order valence-corrected chi connectivity index (χ2v) is 6.04. The molecule has 0 aromatic heterocycles. The van der Waals surface area contributed by atoms with E-state index in [0.717, 1.165) is 0 Å². The van der Waals surface area contributed by atoms with E-state index in [1.54, 1.807) is 19.1 Å². The second-order valence-electron chi connectivity index (χ2n) is 4.35. The maximum absolute atomic E-state index is 12.1. The number of benzene rings is 1. The van der Waals surface area contributed by atoms with Gasteiger partial charge in [0, 0.05) is 0 Å². The summed E-state index contributed by atoms with van der Waals surface area (Å²) < 4.78 is 31.7. The summed E-state index contributed by atoms with van der Waals surface area (Å²) >= 11 is 0. The molecule has 6 heteroatoms. The third kappa shape index (κ3) is 3.44. The minimum atomic E-state index is -3.63. The van der Waals surface area contributed by atoms with Crippen molar-refractivity contribution >= 4 is 10.0 Å². The van der Waals surface area contributed by atoms with Gasteiger partial charge in [-0.05, 0) is 37.6 Å². The molecule has 1 unspecified atom stereocenters. The van der Waals surface area contributed by atoms with E-state index in [-0.39, 0.29) is 11.5 Å². The topological polar surface area (TPSA) is 75.6 Å². The van der Waals surface area contributed by atoms with Gasteiger partial charge in [-0.3, -0.25) is 0 Å². The van der Waals surface area contributed by atoms with Gasteiger partial charge in [-0.2, -0.15) is 0 Å². The Bertz CT molecular complexity index is 477. The fourth-order valence-corrected chi connectivity index (χ4v) is 2.82. The van der Waals surface area contributed by atoms with Gasteiger partial charge in [0.25, 0.3) is 0 Å². The van der Waals surface area contributed by atoms with Crippen LogP contribution in [0.1, 0.15) is 20.3 Å². The number of hydrogen-bond acceptors (Lipinski definition) is 4. The van der Waals surface area contributed by atoms with E-state index < -0.39 is 15.6 Å². The molecule has 0 spiro atoms. The monoisotopic (exact) mass is 273 g/mol. The Morgan fingerprint density at radius 1 is 1.33 bits per heavy atom. The standard InChI is InChI=1S/C12H19NO4S/c1-4-12(2,9-14)13-18(15,16)11-7-5-10(17-3)6-8-11/h5-8,13-14H,4,9H2,1-3H3. The molecule has 18 heavy (non-hydrogen) atoms. The largest absolute Gasteiger partial charge is 0.497 e. The van der Waals surface area contributed by atoms with Gasteiger partial charge in [0.1, 0.15) is 5.75 Å². The third-order valence-electron chi connectivity index (χ3n) is 2.88. The summed E-state index contributed by atoms with van der Waals surface area (Å²) in [5.74, 6) is 0.592. The van der Waals surface area contributed by atoms with Crippen LogP contribution in [0.25, 0.3) is 0 Å². The molecular formula is C12H19NO4S. The van der Waals surface area contributed by atoms with Crippen LogP contribution < -0.4 is 9.46 Å². The van der Waals surface area contributed by atoms with Gasteiger partial charge in [-0.1, -0.05) is 6.92 Å². The van der Waals surface area contributed by atoms with Crippen LogP contribution in [-0.4, -0.2) is 32.8 Å². The van der Waals surface area contributed by atoms with Crippen LogP contribution in [0.4, 0.5) is 0 Å². The normalized spacial score (nSPS) is 15.1. The van der Waals surface area contributed by atoms with Crippen molar-refractivity contribution in [1.82, 2.24) is 4.72 Å². The highest BCUT2D eigenvalue weighted by molar-refractivity contribution is 7.89. The summed E-state index contributed by atoms with van der Waals surface area (Å²) in [6.45, 7) is 3.22. The average molecular weight is 273 g/mol. The van der Waals surface area contributed by atoms with Crippen LogP contribution in [0.2, 0.25) is 0 Å². The number of aliphatic hydroxyl groups excluding tert-OH is 1. The Morgan fingerprint density at radius 3 is 2.28 bits per heavy atom. The first-order chi connectivity index (χ1) is 8.37. The molecular weight excluding hydrogens is 254 g/mol. The molecule has 2 N–H and O–H groups in total. The van der Waals surface area contributed by atoms with Crippen LogP contribution >= 0.6 is 0 Å². The van der Waals surface area contributed by atoms with Crippen LogP contribution in [-0.2, 0) is 10.0 Å². The van der Waals surface area contributed by atoms with Crippen molar-refractivity contribution in [2.75, 3.05) is 13.7 Å². The number of aliphatic hydroxyl groups is 1. The molecule has 0 aliphatic heterocycles. The molecule has 1 aromatic rings. The van der Waals surface area contributed by atoms with E-state index in [1.807, 2.05) is 6.92 Å². The lowest BCUT2D eigenvalue weighted by Gasteiger charge is -2.26. The zero-order valence-electron chi connectivity index (χ0n) is 10.8. The zero-order chi connectivity index (χ0) is 13.8. The first-order valence-corrected chi connectivity index (χ1v) is 7.14. The number of sulfonamides is 1. The maximum Gasteiger partial charge on any atom is 0.241 e. The van der Waals surface area contributed by atoms with Gasteiger partial charge < -0.3 is 9.84 Å². The first-order valence-electron chi connectivity index (χ1n) is 5.66. The van der Waals surface area contributed by atoms with Crippen molar-refractivity contribution in [2.24, 2.45) is 0 Å². The summed E-state index contributed by atoms with van der Waals surface area (Å²) in [5, 5.41) is 9.23. The van der Waals surface area contributed by atoms with E-state index in [4.69, 9.17) is 4.74 Å². The minimum absolute atomic E-state index is 0.149. The third-order valence-corrected chi connectivity index (χ3v) is 4.53. The van der Waals surface area contributed by atoms with Gasteiger partial charge in [0.2, 0.25) is 10.0 Å². The predicted octanol–water partition coefficient (Wildman–Crippen LogP) is 1.13. The Kier molecular flexibility index (Phi) is 4.72. The molecule has 0 amide bonds. The van der Waals surface area contributed by atoms with Crippen LogP contribution in [0.5, 0.6) is 5.75 Å². The molecule has 0 aliphatic rings. The SMILES string of the molecule is CCC(C)(CO)NS(=O)(=O)c1ccc(OC)cc1. The lowest BCUT2D eigenvalue weighted by Crippen LogP contribution is -2.48. The number of nitrogens with one attached hydrogen (secondary N) is 1. The van der Waals surface area contributed by atoms with Gasteiger partial charge in [0.05, 0.1) is 24.2 Å². The quantitative estimate of drug-likeness (QED) is 0.815. The molecule has 0 radical (unpaired) electrons. The Morgan fingerprint density at radius 2 is 1.89 bits per heavy atom. The molecule has 0 saturated heterocycles. The summed E-state index contributed by atoms with van der Waals surface area (Å²) in [6.07, 6.45) is 0.499. The lowest BCUT2D eigenvalue weighted by molar-refractivity contribution is 0.191. The molecule has 0 fully saturated rings. The highest BCUT2D eigenvalue weighted by atomic mass is 32.2. The maximum atomic E-state index is 12.1. The highest BCUT2D eigenvalue weighted by Crippen LogP contribution is 2.18. The molecule has 0 aliphatic carbocycles. The van der Waals surface area contributed by atoms with E-state index in [9.17, 15) is 13.5 Å². The van der Waals surface area contributed by atoms with Crippen molar-refractivity contribution in [2.45, 2.75) is 30.7 Å². The van der Waals surface area contributed by atoms with Crippen LogP contribution in [0.15, 0.2) is 29.2 Å². The number of hydrogen-bond donors (Lipinski definition) is 2.